The highest BCUT2D eigenvalue weighted by atomic mass is 28.3. The van der Waals surface area contributed by atoms with Crippen LogP contribution in [-0.2, 0) is 38.8 Å². The summed E-state index contributed by atoms with van der Waals surface area (Å²) in [5.74, 6) is -3.62. The van der Waals surface area contributed by atoms with E-state index in [9.17, 15) is 38.7 Å². The fraction of sp³-hybridized carbons (Fsp3) is 0.400. The monoisotopic (exact) mass is 901 g/mol. The van der Waals surface area contributed by atoms with Crippen molar-refractivity contribution in [2.45, 2.75) is 77.7 Å². The Kier molecular flexibility index (Phi) is 16.6. The smallest absolute Gasteiger partial charge is 0.410 e. The second kappa shape index (κ2) is 22.0. The zero-order valence-corrected chi connectivity index (χ0v) is 37.5. The van der Waals surface area contributed by atoms with E-state index >= 15 is 4.39 Å². The zero-order valence-electron chi connectivity index (χ0n) is 36.5. The number of urea groups is 1. The first-order chi connectivity index (χ1) is 30.4. The molecule has 4 aromatic rings. The summed E-state index contributed by atoms with van der Waals surface area (Å²) in [5, 5.41) is 17.5. The summed E-state index contributed by atoms with van der Waals surface area (Å²) < 4.78 is 27.9. The van der Waals surface area contributed by atoms with Crippen LogP contribution in [0.4, 0.5) is 30.1 Å². The number of halogens is 1. The molecule has 1 fully saturated rings. The van der Waals surface area contributed by atoms with Crippen LogP contribution in [0.2, 0.25) is 25.7 Å². The van der Waals surface area contributed by atoms with E-state index in [1.165, 1.54) is 17.2 Å². The topological polar surface area (TPSA) is 232 Å². The molecular formula is C45H56FN7O10Si. The van der Waals surface area contributed by atoms with E-state index in [1.54, 1.807) is 40.7 Å². The van der Waals surface area contributed by atoms with Gasteiger partial charge in [0.05, 0.1) is 17.2 Å². The Hall–Kier alpha value is -6.76. The molecule has 0 radical (unpaired) electrons. The summed E-state index contributed by atoms with van der Waals surface area (Å²) in [6.07, 6.45) is 0.379. The Labute approximate surface area is 371 Å². The van der Waals surface area contributed by atoms with Crippen LogP contribution in [0.1, 0.15) is 47.7 Å². The van der Waals surface area contributed by atoms with Gasteiger partial charge >= 0.3 is 24.2 Å². The number of amides is 5. The molecule has 3 aromatic carbocycles. The SMILES string of the molecule is CCn1cc(C(=O)O)c(=O)c2cc(F)c(N3CCN(C(=O)OCc4ccc(NC(=O)[C@H](CCCNC(N)=O)CC(=O)[C@@H](C[Si](C)(C)C)NC(=O)OCc5ccccc5)cc4)CC3)cc21. The third kappa shape index (κ3) is 13.6. The van der Waals surface area contributed by atoms with Crippen LogP contribution < -0.4 is 32.0 Å². The molecule has 1 aromatic heterocycles. The van der Waals surface area contributed by atoms with Crippen LogP contribution in [0.5, 0.6) is 0 Å². The van der Waals surface area contributed by atoms with E-state index in [0.29, 0.717) is 35.8 Å². The Morgan fingerprint density at radius 3 is 2.19 bits per heavy atom. The fourth-order valence-corrected chi connectivity index (χ4v) is 8.94. The number of nitrogens with zero attached hydrogens (tertiary/aromatic N) is 3. The van der Waals surface area contributed by atoms with Gasteiger partial charge in [-0.25, -0.2) is 23.6 Å². The molecule has 1 saturated heterocycles. The predicted molar refractivity (Wildman–Crippen MR) is 241 cm³/mol. The molecule has 6 N–H and O–H groups in total. The van der Waals surface area contributed by atoms with Gasteiger partial charge in [0.2, 0.25) is 11.3 Å². The summed E-state index contributed by atoms with van der Waals surface area (Å²) in [4.78, 5) is 92.3. The maximum atomic E-state index is 15.4. The van der Waals surface area contributed by atoms with Gasteiger partial charge in [-0.15, -0.1) is 0 Å². The maximum absolute atomic E-state index is 15.4. The number of benzene rings is 3. The Bertz CT molecular complexity index is 2380. The molecule has 1 aliphatic heterocycles. The number of anilines is 2. The van der Waals surface area contributed by atoms with E-state index in [0.717, 1.165) is 11.6 Å². The fourth-order valence-electron chi connectivity index (χ4n) is 7.39. The van der Waals surface area contributed by atoms with Crippen LogP contribution in [0.3, 0.4) is 0 Å². The number of pyridine rings is 1. The third-order valence-electron chi connectivity index (χ3n) is 10.7. The number of carboxylic acid groups (broad SMARTS) is 1. The summed E-state index contributed by atoms with van der Waals surface area (Å²) >= 11 is 0. The van der Waals surface area contributed by atoms with E-state index in [-0.39, 0.29) is 75.6 Å². The summed E-state index contributed by atoms with van der Waals surface area (Å²) in [7, 11) is -1.91. The second-order valence-electron chi connectivity index (χ2n) is 16.8. The van der Waals surface area contributed by atoms with E-state index < -0.39 is 66.9 Å². The number of carbonyl (C=O) groups excluding carboxylic acids is 5. The van der Waals surface area contributed by atoms with Crippen molar-refractivity contribution in [2.75, 3.05) is 42.9 Å². The van der Waals surface area contributed by atoms with Crippen LogP contribution in [-0.4, -0.2) is 97.3 Å². The summed E-state index contributed by atoms with van der Waals surface area (Å²) in [6.45, 7) is 9.54. The lowest BCUT2D eigenvalue weighted by Crippen LogP contribution is -2.49. The molecule has 0 spiro atoms. The van der Waals surface area contributed by atoms with Crippen molar-refractivity contribution in [3.63, 3.8) is 0 Å². The Balaban J connectivity index is 1.16. The van der Waals surface area contributed by atoms with Crippen molar-refractivity contribution in [1.82, 2.24) is 20.1 Å². The number of aryl methyl sites for hydroxylation is 1. The lowest BCUT2D eigenvalue weighted by Gasteiger charge is -2.35. The van der Waals surface area contributed by atoms with Crippen molar-refractivity contribution in [3.8, 4) is 0 Å². The number of Topliss-reactive ketones (excluding diaryl/α,β-unsaturated/α-hetero) is 1. The standard InChI is InChI=1S/C45H56FN7O10Si/c1-5-51-25-34(42(57)58)40(55)33-23-35(46)38(24-37(33)51)52-18-20-53(21-19-52)45(61)63-27-30-13-15-32(16-14-30)49-41(56)31(12-9-17-48-43(47)59)22-39(54)36(28-64(2,3)4)50-44(60)62-26-29-10-7-6-8-11-29/h6-8,10-11,13-16,23-25,31,36H,5,9,12,17-22,26-28H2,1-4H3,(H,49,56)(H,50,60)(H,57,58)(H3,47,48,59)/t31-,36-/m1/s1. The van der Waals surface area contributed by atoms with Gasteiger partial charge in [0, 0.05) is 77.0 Å². The number of hydrogen-bond acceptors (Lipinski definition) is 10. The largest absolute Gasteiger partial charge is 0.477 e. The Morgan fingerprint density at radius 1 is 0.906 bits per heavy atom. The van der Waals surface area contributed by atoms with E-state index in [4.69, 9.17) is 15.2 Å². The molecule has 342 valence electrons. The highest BCUT2D eigenvalue weighted by Crippen LogP contribution is 2.27. The van der Waals surface area contributed by atoms with Gasteiger partial charge in [-0.1, -0.05) is 62.1 Å². The van der Waals surface area contributed by atoms with Gasteiger partial charge < -0.3 is 50.6 Å². The molecule has 0 unspecified atom stereocenters. The van der Waals surface area contributed by atoms with Gasteiger partial charge in [-0.2, -0.15) is 0 Å². The number of ether oxygens (including phenoxy) is 2. The molecule has 0 bridgehead atoms. The first kappa shape index (κ1) is 48.3. The quantitative estimate of drug-likeness (QED) is 0.0548. The van der Waals surface area contributed by atoms with Crippen molar-refractivity contribution in [3.05, 3.63) is 106 Å². The molecule has 0 aliphatic carbocycles. The lowest BCUT2D eigenvalue weighted by molar-refractivity contribution is -0.127. The maximum Gasteiger partial charge on any atom is 0.410 e. The number of fused-ring (bicyclic) bond motifs is 1. The highest BCUT2D eigenvalue weighted by Gasteiger charge is 2.32. The normalized spacial score (nSPS) is 13.7. The molecule has 2 atom stereocenters. The number of hydrogen-bond donors (Lipinski definition) is 5. The Morgan fingerprint density at radius 2 is 1.56 bits per heavy atom. The van der Waals surface area contributed by atoms with Gasteiger partial charge in [-0.3, -0.25) is 14.4 Å². The number of alkyl carbamates (subject to hydrolysis) is 1. The lowest BCUT2D eigenvalue weighted by atomic mass is 9.93. The van der Waals surface area contributed by atoms with Crippen LogP contribution >= 0.6 is 0 Å². The minimum Gasteiger partial charge on any atom is -0.477 e. The molecule has 64 heavy (non-hydrogen) atoms. The van der Waals surface area contributed by atoms with Gasteiger partial charge in [0.25, 0.3) is 0 Å². The van der Waals surface area contributed by atoms with Crippen molar-refractivity contribution >= 4 is 66.2 Å². The number of primary amides is 1. The number of rotatable bonds is 19. The predicted octanol–water partition coefficient (Wildman–Crippen LogP) is 5.91. The average Bonchev–Trinajstić information content (AvgIpc) is 3.26. The second-order valence-corrected chi connectivity index (χ2v) is 22.4. The number of carbonyl (C=O) groups is 6. The third-order valence-corrected chi connectivity index (χ3v) is 12.4. The van der Waals surface area contributed by atoms with Crippen LogP contribution in [0.15, 0.2) is 77.7 Å². The zero-order chi connectivity index (χ0) is 46.6. The van der Waals surface area contributed by atoms with E-state index in [2.05, 4.69) is 35.6 Å². The highest BCUT2D eigenvalue weighted by molar-refractivity contribution is 6.76. The minimum atomic E-state index is -1.91. The molecular weight excluding hydrogens is 846 g/mol. The first-order valence-electron chi connectivity index (χ1n) is 21.1. The molecule has 17 nitrogen and oxygen atoms in total. The number of ketones is 1. The molecule has 0 saturated carbocycles. The number of aromatic nitrogens is 1. The number of carboxylic acids is 1. The van der Waals surface area contributed by atoms with Crippen LogP contribution in [0, 0.1) is 11.7 Å². The van der Waals surface area contributed by atoms with E-state index in [1.807, 2.05) is 30.3 Å². The molecule has 1 aliphatic rings. The van der Waals surface area contributed by atoms with Crippen molar-refractivity contribution < 1.29 is 47.7 Å². The molecule has 2 heterocycles. The van der Waals surface area contributed by atoms with Gasteiger partial charge in [0.15, 0.2) is 5.78 Å². The number of nitrogens with one attached hydrogen (secondary N) is 3. The number of nitrogens with two attached hydrogens (primary N) is 1. The minimum absolute atomic E-state index is 0.0286. The van der Waals surface area contributed by atoms with Crippen molar-refractivity contribution in [1.29, 1.82) is 0 Å². The van der Waals surface area contributed by atoms with Crippen LogP contribution in [0.25, 0.3) is 10.9 Å². The number of piperazine rings is 1. The van der Waals surface area contributed by atoms with Crippen molar-refractivity contribution in [2.24, 2.45) is 11.7 Å². The first-order valence-corrected chi connectivity index (χ1v) is 24.8. The average molecular weight is 902 g/mol. The number of aromatic carboxylic acids is 1. The molecule has 5 rings (SSSR count). The summed E-state index contributed by atoms with van der Waals surface area (Å²) in [5.41, 5.74) is 6.52. The summed E-state index contributed by atoms with van der Waals surface area (Å²) in [6, 6.07) is 17.2. The van der Waals surface area contributed by atoms with Gasteiger partial charge in [-0.05, 0) is 61.2 Å². The molecule has 19 heteroatoms. The molecule has 5 amide bonds. The van der Waals surface area contributed by atoms with Gasteiger partial charge in [0.1, 0.15) is 24.6 Å².